The Labute approximate surface area is 125 Å². The highest BCUT2D eigenvalue weighted by Gasteiger charge is 2.33. The van der Waals surface area contributed by atoms with Gasteiger partial charge < -0.3 is 0 Å². The fourth-order valence-electron chi connectivity index (χ4n) is 2.19. The number of aromatic nitrogens is 3. The zero-order valence-corrected chi connectivity index (χ0v) is 13.1. The number of rotatable bonds is 3. The fourth-order valence-corrected chi connectivity index (χ4v) is 3.33. The molecule has 0 unspecified atom stereocenters. The number of sulfonamides is 1. The predicted octanol–water partition coefficient (Wildman–Crippen LogP) is 2.00. The Morgan fingerprint density at radius 3 is 2.60 bits per heavy atom. The molecule has 1 saturated carbocycles. The Morgan fingerprint density at radius 1 is 1.35 bits per heavy atom. The maximum Gasteiger partial charge on any atom is 0.273 e. The van der Waals surface area contributed by atoms with Gasteiger partial charge in [0, 0.05) is 16.1 Å². The smallest absolute Gasteiger partial charge is 0.273 e. The first-order chi connectivity index (χ1) is 9.38. The quantitative estimate of drug-likeness (QED) is 0.910. The molecule has 20 heavy (non-hydrogen) atoms. The summed E-state index contributed by atoms with van der Waals surface area (Å²) in [5.74, 6) is 0.557. The van der Waals surface area contributed by atoms with Gasteiger partial charge in [0.2, 0.25) is 0 Å². The molecule has 1 fully saturated rings. The van der Waals surface area contributed by atoms with E-state index in [-0.39, 0.29) is 11.2 Å². The third-order valence-corrected chi connectivity index (χ3v) is 4.54. The van der Waals surface area contributed by atoms with Gasteiger partial charge in [-0.15, -0.1) is 10.2 Å². The van der Waals surface area contributed by atoms with Crippen molar-refractivity contribution in [1.29, 1.82) is 0 Å². The molecule has 2 aromatic rings. The zero-order chi connectivity index (χ0) is 14.5. The maximum atomic E-state index is 11.6. The normalized spacial score (nSPS) is 15.6. The molecule has 0 bridgehead atoms. The number of benzene rings is 1. The van der Waals surface area contributed by atoms with E-state index in [1.54, 1.807) is 4.57 Å². The second-order valence-electron chi connectivity index (χ2n) is 4.91. The van der Waals surface area contributed by atoms with Crippen molar-refractivity contribution in [2.75, 3.05) is 0 Å². The number of halogens is 1. The van der Waals surface area contributed by atoms with E-state index < -0.39 is 10.0 Å². The molecule has 0 atom stereocenters. The van der Waals surface area contributed by atoms with Gasteiger partial charge in [0.25, 0.3) is 15.2 Å². The van der Waals surface area contributed by atoms with Crippen molar-refractivity contribution in [2.45, 2.75) is 31.0 Å². The van der Waals surface area contributed by atoms with E-state index in [0.29, 0.717) is 5.82 Å². The number of aryl methyl sites for hydroxylation is 1. The molecule has 3 rings (SSSR count). The molecule has 1 aromatic heterocycles. The van der Waals surface area contributed by atoms with E-state index in [9.17, 15) is 8.42 Å². The van der Waals surface area contributed by atoms with Crippen molar-refractivity contribution in [2.24, 2.45) is 5.14 Å². The van der Waals surface area contributed by atoms with Crippen LogP contribution in [0.1, 0.15) is 24.4 Å². The van der Waals surface area contributed by atoms with E-state index in [1.807, 2.05) is 25.1 Å². The molecule has 1 aliphatic carbocycles. The van der Waals surface area contributed by atoms with E-state index in [4.69, 9.17) is 5.14 Å². The average molecular weight is 357 g/mol. The summed E-state index contributed by atoms with van der Waals surface area (Å²) >= 11 is 3.41. The number of nitrogens with two attached hydrogens (primary N) is 1. The molecule has 0 radical (unpaired) electrons. The third-order valence-electron chi connectivity index (χ3n) is 3.26. The van der Waals surface area contributed by atoms with Crippen LogP contribution in [0.5, 0.6) is 0 Å². The molecule has 0 saturated heterocycles. The Balaban J connectivity index is 2.22. The van der Waals surface area contributed by atoms with Gasteiger partial charge in [-0.25, -0.2) is 13.6 Å². The molecule has 0 spiro atoms. The van der Waals surface area contributed by atoms with Crippen molar-refractivity contribution in [3.8, 4) is 11.4 Å². The van der Waals surface area contributed by atoms with Crippen molar-refractivity contribution in [3.63, 3.8) is 0 Å². The zero-order valence-electron chi connectivity index (χ0n) is 10.7. The summed E-state index contributed by atoms with van der Waals surface area (Å²) in [7, 11) is -3.87. The van der Waals surface area contributed by atoms with Crippen LogP contribution >= 0.6 is 15.9 Å². The third kappa shape index (κ3) is 2.38. The van der Waals surface area contributed by atoms with Crippen LogP contribution in [0.2, 0.25) is 0 Å². The van der Waals surface area contributed by atoms with Gasteiger partial charge in [0.15, 0.2) is 5.82 Å². The van der Waals surface area contributed by atoms with E-state index >= 15 is 0 Å². The molecule has 1 heterocycles. The molecular formula is C12H13BrN4O2S. The predicted molar refractivity (Wildman–Crippen MR) is 77.5 cm³/mol. The Morgan fingerprint density at radius 2 is 2.05 bits per heavy atom. The average Bonchev–Trinajstić information content (AvgIpc) is 3.07. The Hall–Kier alpha value is -1.25. The van der Waals surface area contributed by atoms with Crippen LogP contribution in [-0.4, -0.2) is 23.2 Å². The highest BCUT2D eigenvalue weighted by molar-refractivity contribution is 9.10. The molecule has 0 amide bonds. The minimum atomic E-state index is -3.87. The van der Waals surface area contributed by atoms with Gasteiger partial charge in [-0.1, -0.05) is 15.9 Å². The van der Waals surface area contributed by atoms with Crippen LogP contribution < -0.4 is 5.14 Å². The minimum absolute atomic E-state index is 0.122. The first-order valence-electron chi connectivity index (χ1n) is 6.12. The van der Waals surface area contributed by atoms with Gasteiger partial charge in [0.05, 0.1) is 0 Å². The lowest BCUT2D eigenvalue weighted by Gasteiger charge is -2.10. The maximum absolute atomic E-state index is 11.6. The lowest BCUT2D eigenvalue weighted by atomic mass is 10.1. The summed E-state index contributed by atoms with van der Waals surface area (Å²) in [6.45, 7) is 1.95. The van der Waals surface area contributed by atoms with Crippen LogP contribution in [0.15, 0.2) is 27.8 Å². The molecule has 106 valence electrons. The van der Waals surface area contributed by atoms with E-state index in [1.165, 1.54) is 0 Å². The van der Waals surface area contributed by atoms with Crippen LogP contribution in [0, 0.1) is 6.92 Å². The van der Waals surface area contributed by atoms with Gasteiger partial charge >= 0.3 is 0 Å². The van der Waals surface area contributed by atoms with Crippen LogP contribution in [0.25, 0.3) is 11.4 Å². The van der Waals surface area contributed by atoms with E-state index in [0.717, 1.165) is 28.4 Å². The summed E-state index contributed by atoms with van der Waals surface area (Å²) < 4.78 is 25.8. The molecule has 0 aliphatic heterocycles. The Bertz CT molecular complexity index is 781. The number of hydrogen-bond donors (Lipinski definition) is 1. The number of nitrogens with zero attached hydrogens (tertiary/aromatic N) is 3. The first-order valence-corrected chi connectivity index (χ1v) is 8.46. The van der Waals surface area contributed by atoms with Crippen molar-refractivity contribution >= 4 is 26.0 Å². The molecule has 8 heteroatoms. The number of hydrogen-bond acceptors (Lipinski definition) is 4. The summed E-state index contributed by atoms with van der Waals surface area (Å²) in [4.78, 5) is 0. The van der Waals surface area contributed by atoms with Crippen LogP contribution in [0.4, 0.5) is 0 Å². The summed E-state index contributed by atoms with van der Waals surface area (Å²) in [6, 6.07) is 5.87. The molecular weight excluding hydrogens is 344 g/mol. The summed E-state index contributed by atoms with van der Waals surface area (Å²) in [6.07, 6.45) is 1.84. The van der Waals surface area contributed by atoms with Gasteiger partial charge in [-0.05, 0) is 43.5 Å². The fraction of sp³-hybridized carbons (Fsp3) is 0.333. The summed E-state index contributed by atoms with van der Waals surface area (Å²) in [5, 5.41) is 12.9. The molecule has 2 N–H and O–H groups in total. The van der Waals surface area contributed by atoms with Gasteiger partial charge in [0.1, 0.15) is 0 Å². The second-order valence-corrected chi connectivity index (χ2v) is 7.28. The SMILES string of the molecule is Cc1cc(Br)ccc1-c1nnc(S(N)(=O)=O)n1C1CC1. The second kappa shape index (κ2) is 4.64. The monoisotopic (exact) mass is 356 g/mol. The van der Waals surface area contributed by atoms with Crippen molar-refractivity contribution in [3.05, 3.63) is 28.2 Å². The van der Waals surface area contributed by atoms with E-state index in [2.05, 4.69) is 26.1 Å². The van der Waals surface area contributed by atoms with Crippen molar-refractivity contribution in [1.82, 2.24) is 14.8 Å². The first kappa shape index (κ1) is 13.7. The highest BCUT2D eigenvalue weighted by atomic mass is 79.9. The molecule has 1 aliphatic rings. The van der Waals surface area contributed by atoms with Gasteiger partial charge in [-0.3, -0.25) is 4.57 Å². The molecule has 6 nitrogen and oxygen atoms in total. The largest absolute Gasteiger partial charge is 0.294 e. The standard InChI is InChI=1S/C12H13BrN4O2S/c1-7-6-8(13)2-5-10(7)11-15-16-12(20(14,18)19)17(11)9-3-4-9/h2,5-6,9H,3-4H2,1H3,(H2,14,18,19). The topological polar surface area (TPSA) is 90.9 Å². The lowest BCUT2D eigenvalue weighted by Crippen LogP contribution is -2.18. The van der Waals surface area contributed by atoms with Crippen LogP contribution in [-0.2, 0) is 10.0 Å². The molecule has 1 aromatic carbocycles. The van der Waals surface area contributed by atoms with Crippen LogP contribution in [0.3, 0.4) is 0 Å². The Kier molecular flexibility index (Phi) is 3.19. The van der Waals surface area contributed by atoms with Gasteiger partial charge in [-0.2, -0.15) is 0 Å². The highest BCUT2D eigenvalue weighted by Crippen LogP contribution is 2.40. The minimum Gasteiger partial charge on any atom is -0.294 e. The number of primary sulfonamides is 1. The lowest BCUT2D eigenvalue weighted by molar-refractivity contribution is 0.567. The summed E-state index contributed by atoms with van der Waals surface area (Å²) in [5.41, 5.74) is 1.86. The van der Waals surface area contributed by atoms with Crippen molar-refractivity contribution < 1.29 is 8.42 Å².